The van der Waals surface area contributed by atoms with Gasteiger partial charge in [0.25, 0.3) is 5.88 Å². The van der Waals surface area contributed by atoms with Crippen molar-refractivity contribution in [1.29, 1.82) is 0 Å². The number of ether oxygens (including phenoxy) is 4. The van der Waals surface area contributed by atoms with Gasteiger partial charge in [0, 0.05) is 0 Å². The van der Waals surface area contributed by atoms with Gasteiger partial charge in [-0.05, 0) is 19.4 Å². The predicted octanol–water partition coefficient (Wildman–Crippen LogP) is 1.77. The topological polar surface area (TPSA) is 144 Å². The third-order valence-corrected chi connectivity index (χ3v) is 3.57. The largest absolute Gasteiger partial charge is 0.476 e. The van der Waals surface area contributed by atoms with Crippen molar-refractivity contribution < 1.29 is 38.3 Å². The molecule has 0 amide bonds. The molecule has 1 atom stereocenters. The van der Waals surface area contributed by atoms with Gasteiger partial charge < -0.3 is 18.9 Å². The Morgan fingerprint density at radius 1 is 1.18 bits per heavy atom. The molecule has 0 spiro atoms. The lowest BCUT2D eigenvalue weighted by Crippen LogP contribution is -2.28. The second-order valence-electron chi connectivity index (χ2n) is 5.41. The van der Waals surface area contributed by atoms with Crippen LogP contribution in [0.3, 0.4) is 0 Å². The van der Waals surface area contributed by atoms with Crippen molar-refractivity contribution >= 4 is 23.6 Å². The van der Waals surface area contributed by atoms with Gasteiger partial charge in [-0.15, -0.1) is 0 Å². The molecular weight excluding hydrogens is 376 g/mol. The number of carbonyl (C=O) groups is 3. The van der Waals surface area contributed by atoms with Crippen LogP contribution >= 0.6 is 0 Å². The van der Waals surface area contributed by atoms with Crippen LogP contribution in [-0.2, 0) is 23.8 Å². The number of rotatable bonds is 10. The molecule has 0 aromatic carbocycles. The Hall–Kier alpha value is -3.24. The number of methoxy groups -OCH3 is 2. The summed E-state index contributed by atoms with van der Waals surface area (Å²) in [6, 6.07) is 0.926. The molecule has 0 saturated heterocycles. The SMILES string of the molecule is CCCCOC(=O)C(C(=O)OCC)c1cc(C(=O)OC)nc(OC)c1[N+](=O)[O-]. The van der Waals surface area contributed by atoms with Crippen LogP contribution in [0.15, 0.2) is 6.07 Å². The summed E-state index contributed by atoms with van der Waals surface area (Å²) >= 11 is 0. The van der Waals surface area contributed by atoms with Gasteiger partial charge in [0.15, 0.2) is 11.6 Å². The number of nitro groups is 1. The number of hydrogen-bond donors (Lipinski definition) is 0. The summed E-state index contributed by atoms with van der Waals surface area (Å²) in [4.78, 5) is 51.3. The van der Waals surface area contributed by atoms with Crippen molar-refractivity contribution in [3.8, 4) is 5.88 Å². The number of esters is 3. The second kappa shape index (κ2) is 10.8. The first-order valence-electron chi connectivity index (χ1n) is 8.47. The number of hydrogen-bond acceptors (Lipinski definition) is 10. The van der Waals surface area contributed by atoms with Gasteiger partial charge in [0.1, 0.15) is 0 Å². The minimum absolute atomic E-state index is 0.0190. The van der Waals surface area contributed by atoms with Crippen LogP contribution in [0.4, 0.5) is 5.69 Å². The molecule has 11 heteroatoms. The third kappa shape index (κ3) is 5.38. The van der Waals surface area contributed by atoms with Gasteiger partial charge in [-0.1, -0.05) is 13.3 Å². The van der Waals surface area contributed by atoms with E-state index in [0.717, 1.165) is 26.7 Å². The van der Waals surface area contributed by atoms with E-state index >= 15 is 0 Å². The van der Waals surface area contributed by atoms with E-state index in [2.05, 4.69) is 9.72 Å². The molecule has 11 nitrogen and oxygen atoms in total. The van der Waals surface area contributed by atoms with Crippen molar-refractivity contribution in [2.24, 2.45) is 0 Å². The molecular formula is C17H22N2O9. The summed E-state index contributed by atoms with van der Waals surface area (Å²) in [6.45, 7) is 3.33. The van der Waals surface area contributed by atoms with E-state index in [1.165, 1.54) is 6.92 Å². The Bertz CT molecular complexity index is 748. The van der Waals surface area contributed by atoms with Gasteiger partial charge in [-0.2, -0.15) is 0 Å². The number of pyridine rings is 1. The monoisotopic (exact) mass is 398 g/mol. The van der Waals surface area contributed by atoms with Crippen molar-refractivity contribution in [2.75, 3.05) is 27.4 Å². The van der Waals surface area contributed by atoms with E-state index in [9.17, 15) is 24.5 Å². The third-order valence-electron chi connectivity index (χ3n) is 3.57. The van der Waals surface area contributed by atoms with Gasteiger partial charge >= 0.3 is 23.6 Å². The van der Waals surface area contributed by atoms with E-state index in [1.54, 1.807) is 0 Å². The van der Waals surface area contributed by atoms with Crippen LogP contribution in [0.2, 0.25) is 0 Å². The number of nitrogens with zero attached hydrogens (tertiary/aromatic N) is 2. The summed E-state index contributed by atoms with van der Waals surface area (Å²) in [7, 11) is 2.18. The lowest BCUT2D eigenvalue weighted by molar-refractivity contribution is -0.387. The van der Waals surface area contributed by atoms with E-state index in [1.807, 2.05) is 6.92 Å². The zero-order valence-electron chi connectivity index (χ0n) is 16.1. The highest BCUT2D eigenvalue weighted by molar-refractivity contribution is 6.02. The Morgan fingerprint density at radius 2 is 1.82 bits per heavy atom. The summed E-state index contributed by atoms with van der Waals surface area (Å²) < 4.78 is 19.4. The lowest BCUT2D eigenvalue weighted by Gasteiger charge is -2.16. The fourth-order valence-electron chi connectivity index (χ4n) is 2.26. The van der Waals surface area contributed by atoms with Crippen LogP contribution in [-0.4, -0.2) is 55.2 Å². The fourth-order valence-corrected chi connectivity index (χ4v) is 2.26. The Labute approximate surface area is 161 Å². The maximum atomic E-state index is 12.5. The molecule has 0 aliphatic carbocycles. The maximum Gasteiger partial charge on any atom is 0.356 e. The average molecular weight is 398 g/mol. The standard InChI is InChI=1S/C17H22N2O9/c1-5-7-8-28-17(22)12(16(21)27-6-2)10-9-11(15(20)26-4)18-14(25-3)13(10)19(23)24/h9,12H,5-8H2,1-4H3. The van der Waals surface area contributed by atoms with E-state index in [4.69, 9.17) is 14.2 Å². The first kappa shape index (κ1) is 22.8. The van der Waals surface area contributed by atoms with Gasteiger partial charge in [-0.25, -0.2) is 9.78 Å². The molecule has 0 fully saturated rings. The molecule has 0 aliphatic heterocycles. The molecule has 1 rings (SSSR count). The number of carbonyl (C=O) groups excluding carboxylic acids is 3. The highest BCUT2D eigenvalue weighted by Gasteiger charge is 2.40. The van der Waals surface area contributed by atoms with Crippen LogP contribution in [0, 0.1) is 10.1 Å². The summed E-state index contributed by atoms with van der Waals surface area (Å²) in [6.07, 6.45) is 1.27. The predicted molar refractivity (Wildman–Crippen MR) is 94.0 cm³/mol. The van der Waals surface area contributed by atoms with Crippen molar-refractivity contribution in [3.63, 3.8) is 0 Å². The molecule has 1 heterocycles. The van der Waals surface area contributed by atoms with Crippen molar-refractivity contribution in [3.05, 3.63) is 27.4 Å². The van der Waals surface area contributed by atoms with Gasteiger partial charge in [0.05, 0.1) is 37.9 Å². The number of unbranched alkanes of at least 4 members (excludes halogenated alkanes) is 1. The molecule has 0 saturated carbocycles. The molecule has 0 N–H and O–H groups in total. The Balaban J connectivity index is 3.63. The smallest absolute Gasteiger partial charge is 0.356 e. The zero-order valence-corrected chi connectivity index (χ0v) is 16.1. The Morgan fingerprint density at radius 3 is 2.32 bits per heavy atom. The van der Waals surface area contributed by atoms with Crippen molar-refractivity contribution in [1.82, 2.24) is 4.98 Å². The quantitative estimate of drug-likeness (QED) is 0.143. The van der Waals surface area contributed by atoms with Crippen LogP contribution in [0.5, 0.6) is 5.88 Å². The molecule has 1 aromatic rings. The fraction of sp³-hybridized carbons (Fsp3) is 0.529. The normalized spacial score (nSPS) is 11.3. The summed E-state index contributed by atoms with van der Waals surface area (Å²) in [5.74, 6) is -5.39. The second-order valence-corrected chi connectivity index (χ2v) is 5.41. The Kier molecular flexibility index (Phi) is 8.79. The lowest BCUT2D eigenvalue weighted by atomic mass is 9.97. The van der Waals surface area contributed by atoms with E-state index in [-0.39, 0.29) is 18.9 Å². The van der Waals surface area contributed by atoms with Gasteiger partial charge in [0.2, 0.25) is 0 Å². The molecule has 1 aromatic heterocycles. The van der Waals surface area contributed by atoms with Crippen LogP contribution < -0.4 is 4.74 Å². The molecule has 28 heavy (non-hydrogen) atoms. The average Bonchev–Trinajstić information content (AvgIpc) is 2.66. The molecule has 0 aliphatic rings. The highest BCUT2D eigenvalue weighted by atomic mass is 16.6. The molecule has 154 valence electrons. The maximum absolute atomic E-state index is 12.5. The highest BCUT2D eigenvalue weighted by Crippen LogP contribution is 2.36. The van der Waals surface area contributed by atoms with E-state index < -0.39 is 45.9 Å². The minimum Gasteiger partial charge on any atom is -0.476 e. The zero-order chi connectivity index (χ0) is 21.3. The number of aromatic nitrogens is 1. The van der Waals surface area contributed by atoms with Gasteiger partial charge in [-0.3, -0.25) is 19.7 Å². The van der Waals surface area contributed by atoms with Crippen LogP contribution in [0.1, 0.15) is 48.7 Å². The van der Waals surface area contributed by atoms with Crippen molar-refractivity contribution in [2.45, 2.75) is 32.6 Å². The van der Waals surface area contributed by atoms with Crippen LogP contribution in [0.25, 0.3) is 0 Å². The molecule has 1 unspecified atom stereocenters. The summed E-state index contributed by atoms with van der Waals surface area (Å²) in [5.41, 5.74) is -1.56. The van der Waals surface area contributed by atoms with E-state index in [0.29, 0.717) is 6.42 Å². The first-order chi connectivity index (χ1) is 13.3. The summed E-state index contributed by atoms with van der Waals surface area (Å²) in [5, 5.41) is 11.6. The minimum atomic E-state index is -1.79. The molecule has 0 bridgehead atoms. The first-order valence-corrected chi connectivity index (χ1v) is 8.47. The molecule has 0 radical (unpaired) electrons.